The standard InChI is InChI=1S/C14H15ClN2O5/c1-2-20-10-7-9(8-16)14(13(12(10)15)17(18)19)22-11-5-3-4-6-21-11/h7,11H,2-6H2,1H3. The fourth-order valence-electron chi connectivity index (χ4n) is 2.17. The predicted octanol–water partition coefficient (Wildman–Crippen LogP) is 3.42. The number of ether oxygens (including phenoxy) is 3. The molecule has 1 heterocycles. The van der Waals surface area contributed by atoms with Crippen LogP contribution < -0.4 is 9.47 Å². The summed E-state index contributed by atoms with van der Waals surface area (Å²) in [5.41, 5.74) is -0.480. The van der Waals surface area contributed by atoms with Crippen LogP contribution >= 0.6 is 11.6 Å². The van der Waals surface area contributed by atoms with Gasteiger partial charge in [0.25, 0.3) is 0 Å². The van der Waals surface area contributed by atoms with Crippen molar-refractivity contribution in [3.63, 3.8) is 0 Å². The number of nitro groups is 1. The van der Waals surface area contributed by atoms with Crippen LogP contribution in [0.5, 0.6) is 11.5 Å². The van der Waals surface area contributed by atoms with E-state index in [-0.39, 0.29) is 28.7 Å². The minimum Gasteiger partial charge on any atom is -0.492 e. The van der Waals surface area contributed by atoms with Crippen molar-refractivity contribution in [3.05, 3.63) is 26.8 Å². The lowest BCUT2D eigenvalue weighted by Gasteiger charge is -2.24. The maximum atomic E-state index is 11.3. The Morgan fingerprint density at radius 2 is 2.36 bits per heavy atom. The maximum absolute atomic E-state index is 11.3. The number of nitriles is 1. The van der Waals surface area contributed by atoms with E-state index in [1.54, 1.807) is 6.92 Å². The average Bonchev–Trinajstić information content (AvgIpc) is 2.51. The summed E-state index contributed by atoms with van der Waals surface area (Å²) >= 11 is 6.04. The molecule has 1 aromatic carbocycles. The van der Waals surface area contributed by atoms with Crippen molar-refractivity contribution in [1.29, 1.82) is 5.26 Å². The van der Waals surface area contributed by atoms with E-state index in [4.69, 9.17) is 25.8 Å². The second-order valence-electron chi connectivity index (χ2n) is 4.63. The Balaban J connectivity index is 2.47. The number of nitrogens with zero attached hydrogens (tertiary/aromatic N) is 2. The SMILES string of the molecule is CCOc1cc(C#N)c(OC2CCCCO2)c([N+](=O)[O-])c1Cl. The molecule has 1 aliphatic rings. The van der Waals surface area contributed by atoms with E-state index in [1.165, 1.54) is 6.07 Å². The monoisotopic (exact) mass is 326 g/mol. The summed E-state index contributed by atoms with van der Waals surface area (Å²) in [7, 11) is 0. The molecule has 1 unspecified atom stereocenters. The molecule has 1 saturated heterocycles. The molecule has 0 aliphatic carbocycles. The smallest absolute Gasteiger partial charge is 0.334 e. The third kappa shape index (κ3) is 3.40. The number of hydrogen-bond acceptors (Lipinski definition) is 6. The van der Waals surface area contributed by atoms with Crippen LogP contribution in [-0.2, 0) is 4.74 Å². The zero-order valence-corrected chi connectivity index (χ0v) is 12.8. The molecule has 2 rings (SSSR count). The Labute approximate surface area is 132 Å². The molecule has 0 spiro atoms. The number of hydrogen-bond donors (Lipinski definition) is 0. The first kappa shape index (κ1) is 16.3. The van der Waals surface area contributed by atoms with E-state index < -0.39 is 16.9 Å². The molecule has 118 valence electrons. The van der Waals surface area contributed by atoms with Crippen LogP contribution in [0.25, 0.3) is 0 Å². The normalized spacial score (nSPS) is 17.6. The molecular weight excluding hydrogens is 312 g/mol. The molecule has 0 N–H and O–H groups in total. The highest BCUT2D eigenvalue weighted by Gasteiger charge is 2.31. The first-order valence-electron chi connectivity index (χ1n) is 6.90. The third-order valence-electron chi connectivity index (χ3n) is 3.15. The minimum absolute atomic E-state index is 0.00581. The van der Waals surface area contributed by atoms with Crippen LogP contribution in [0.3, 0.4) is 0 Å². The number of halogens is 1. The van der Waals surface area contributed by atoms with Gasteiger partial charge < -0.3 is 14.2 Å². The third-order valence-corrected chi connectivity index (χ3v) is 3.51. The van der Waals surface area contributed by atoms with E-state index in [0.717, 1.165) is 12.8 Å². The quantitative estimate of drug-likeness (QED) is 0.607. The number of nitro benzene ring substituents is 1. The summed E-state index contributed by atoms with van der Waals surface area (Å²) < 4.78 is 16.2. The molecule has 8 heteroatoms. The molecule has 0 saturated carbocycles. The lowest BCUT2D eigenvalue weighted by atomic mass is 10.1. The van der Waals surface area contributed by atoms with E-state index >= 15 is 0 Å². The van der Waals surface area contributed by atoms with Gasteiger partial charge in [0.05, 0.1) is 18.1 Å². The number of rotatable bonds is 5. The van der Waals surface area contributed by atoms with Crippen molar-refractivity contribution in [2.45, 2.75) is 32.5 Å². The first-order valence-corrected chi connectivity index (χ1v) is 7.28. The Morgan fingerprint density at radius 3 is 2.91 bits per heavy atom. The van der Waals surface area contributed by atoms with Gasteiger partial charge in [0.1, 0.15) is 17.4 Å². The molecule has 7 nitrogen and oxygen atoms in total. The Bertz CT molecular complexity index is 608. The first-order chi connectivity index (χ1) is 10.6. The minimum atomic E-state index is -0.677. The lowest BCUT2D eigenvalue weighted by Crippen LogP contribution is -2.25. The van der Waals surface area contributed by atoms with Gasteiger partial charge in [-0.3, -0.25) is 10.1 Å². The van der Waals surface area contributed by atoms with Crippen LogP contribution in [0.4, 0.5) is 5.69 Å². The average molecular weight is 327 g/mol. The van der Waals surface area contributed by atoms with Crippen molar-refractivity contribution < 1.29 is 19.1 Å². The summed E-state index contributed by atoms with van der Waals surface area (Å²) in [4.78, 5) is 10.7. The van der Waals surface area contributed by atoms with E-state index in [2.05, 4.69) is 0 Å². The summed E-state index contributed by atoms with van der Waals surface area (Å²) in [6.45, 7) is 2.51. The summed E-state index contributed by atoms with van der Waals surface area (Å²) in [6, 6.07) is 3.23. The molecule has 0 aromatic heterocycles. The molecule has 1 aliphatic heterocycles. The molecule has 0 radical (unpaired) electrons. The van der Waals surface area contributed by atoms with Crippen molar-refractivity contribution in [2.75, 3.05) is 13.2 Å². The summed E-state index contributed by atoms with van der Waals surface area (Å²) in [5.74, 6) is -0.0859. The van der Waals surface area contributed by atoms with Crippen molar-refractivity contribution in [3.8, 4) is 17.6 Å². The van der Waals surface area contributed by atoms with Gasteiger partial charge in [-0.2, -0.15) is 5.26 Å². The molecule has 0 amide bonds. The van der Waals surface area contributed by atoms with Crippen molar-refractivity contribution >= 4 is 17.3 Å². The zero-order valence-electron chi connectivity index (χ0n) is 12.0. The van der Waals surface area contributed by atoms with Gasteiger partial charge in [0.15, 0.2) is 11.3 Å². The highest BCUT2D eigenvalue weighted by molar-refractivity contribution is 6.34. The lowest BCUT2D eigenvalue weighted by molar-refractivity contribution is -0.386. The Kier molecular flexibility index (Phi) is 5.41. The molecular formula is C14H15ClN2O5. The van der Waals surface area contributed by atoms with Gasteiger partial charge >= 0.3 is 5.69 Å². The fourth-order valence-corrected chi connectivity index (χ4v) is 2.43. The van der Waals surface area contributed by atoms with Crippen molar-refractivity contribution in [2.24, 2.45) is 0 Å². The van der Waals surface area contributed by atoms with Gasteiger partial charge in [-0.1, -0.05) is 11.6 Å². The van der Waals surface area contributed by atoms with Gasteiger partial charge in [0, 0.05) is 12.5 Å². The Morgan fingerprint density at radius 1 is 1.59 bits per heavy atom. The van der Waals surface area contributed by atoms with Gasteiger partial charge in [-0.15, -0.1) is 0 Å². The molecule has 1 aromatic rings. The van der Waals surface area contributed by atoms with Crippen LogP contribution in [-0.4, -0.2) is 24.4 Å². The number of benzene rings is 1. The summed E-state index contributed by atoms with van der Waals surface area (Å²) in [6.07, 6.45) is 1.79. The predicted molar refractivity (Wildman–Crippen MR) is 78.2 cm³/mol. The largest absolute Gasteiger partial charge is 0.492 e. The molecule has 22 heavy (non-hydrogen) atoms. The van der Waals surface area contributed by atoms with E-state index in [0.29, 0.717) is 13.0 Å². The molecule has 1 fully saturated rings. The summed E-state index contributed by atoms with van der Waals surface area (Å²) in [5, 5.41) is 20.4. The van der Waals surface area contributed by atoms with E-state index in [1.807, 2.05) is 6.07 Å². The molecule has 0 bridgehead atoms. The highest BCUT2D eigenvalue weighted by Crippen LogP contribution is 2.44. The van der Waals surface area contributed by atoms with Crippen molar-refractivity contribution in [1.82, 2.24) is 0 Å². The van der Waals surface area contributed by atoms with Crippen LogP contribution in [0.2, 0.25) is 5.02 Å². The fraction of sp³-hybridized carbons (Fsp3) is 0.500. The maximum Gasteiger partial charge on any atom is 0.334 e. The topological polar surface area (TPSA) is 94.6 Å². The van der Waals surface area contributed by atoms with Crippen LogP contribution in [0.15, 0.2) is 6.07 Å². The van der Waals surface area contributed by atoms with Gasteiger partial charge in [-0.25, -0.2) is 0 Å². The second-order valence-corrected chi connectivity index (χ2v) is 5.01. The van der Waals surface area contributed by atoms with E-state index in [9.17, 15) is 15.4 Å². The van der Waals surface area contributed by atoms with Crippen LogP contribution in [0, 0.1) is 21.4 Å². The van der Waals surface area contributed by atoms with Gasteiger partial charge in [-0.05, 0) is 19.8 Å². The highest BCUT2D eigenvalue weighted by atomic mass is 35.5. The Hall–Kier alpha value is -2.04. The second kappa shape index (κ2) is 7.29. The molecule has 1 atom stereocenters. The zero-order chi connectivity index (χ0) is 16.1. The van der Waals surface area contributed by atoms with Crippen LogP contribution in [0.1, 0.15) is 31.7 Å². The van der Waals surface area contributed by atoms with Gasteiger partial charge in [0.2, 0.25) is 5.75 Å².